The third-order valence-corrected chi connectivity index (χ3v) is 5.79. The number of carbonyl (C=O) groups is 3. The summed E-state index contributed by atoms with van der Waals surface area (Å²) < 4.78 is 5.16. The van der Waals surface area contributed by atoms with Crippen LogP contribution in [0.25, 0.3) is 0 Å². The number of thiophene rings is 1. The van der Waals surface area contributed by atoms with E-state index in [1.165, 1.54) is 11.3 Å². The van der Waals surface area contributed by atoms with Gasteiger partial charge in [-0.2, -0.15) is 0 Å². The highest BCUT2D eigenvalue weighted by molar-refractivity contribution is 7.16. The third kappa shape index (κ3) is 4.82. The summed E-state index contributed by atoms with van der Waals surface area (Å²) >= 11 is 1.40. The molecule has 2 atom stereocenters. The van der Waals surface area contributed by atoms with Crippen LogP contribution in [0.3, 0.4) is 0 Å². The van der Waals surface area contributed by atoms with Crippen LogP contribution in [0.4, 0.5) is 5.00 Å². The van der Waals surface area contributed by atoms with Crippen molar-refractivity contribution in [3.63, 3.8) is 0 Å². The Kier molecular flexibility index (Phi) is 7.16. The largest absolute Gasteiger partial charge is 0.462 e. The second kappa shape index (κ2) is 9.14. The fourth-order valence-corrected chi connectivity index (χ4v) is 4.61. The number of nitrogens with two attached hydrogens (primary N) is 1. The number of primary amides is 1. The molecule has 8 heteroatoms. The Balaban J connectivity index is 2.09. The third-order valence-electron chi connectivity index (χ3n) is 4.73. The fraction of sp³-hybridized carbons (Fsp3) is 0.611. The molecule has 144 valence electrons. The van der Waals surface area contributed by atoms with Gasteiger partial charge in [0.1, 0.15) is 5.00 Å². The van der Waals surface area contributed by atoms with Crippen LogP contribution >= 0.6 is 11.3 Å². The van der Waals surface area contributed by atoms with Crippen molar-refractivity contribution in [2.45, 2.75) is 40.0 Å². The molecule has 1 aromatic heterocycles. The molecule has 4 N–H and O–H groups in total. The molecule has 0 aromatic carbocycles. The maximum Gasteiger partial charge on any atom is 0.341 e. The number of hydrogen-bond donors (Lipinski definition) is 3. The average molecular weight is 383 g/mol. The summed E-state index contributed by atoms with van der Waals surface area (Å²) in [5.41, 5.74) is 6.78. The van der Waals surface area contributed by atoms with E-state index in [4.69, 9.17) is 10.5 Å². The molecule has 26 heavy (non-hydrogen) atoms. The summed E-state index contributed by atoms with van der Waals surface area (Å²) in [6, 6.07) is 0. The number of hydrogen-bond acceptors (Lipinski definition) is 5. The molecule has 1 aliphatic heterocycles. The van der Waals surface area contributed by atoms with Crippen molar-refractivity contribution in [3.8, 4) is 0 Å². The van der Waals surface area contributed by atoms with Gasteiger partial charge in [-0.25, -0.2) is 4.79 Å². The van der Waals surface area contributed by atoms with Gasteiger partial charge in [0.25, 0.3) is 5.91 Å². The summed E-state index contributed by atoms with van der Waals surface area (Å²) in [5.74, 6) is -1.03. The zero-order valence-electron chi connectivity index (χ0n) is 15.6. The van der Waals surface area contributed by atoms with Gasteiger partial charge in [-0.1, -0.05) is 6.92 Å². The topological polar surface area (TPSA) is 103 Å². The van der Waals surface area contributed by atoms with Crippen LogP contribution < -0.4 is 16.0 Å². The van der Waals surface area contributed by atoms with E-state index in [0.29, 0.717) is 23.5 Å². The number of likely N-dealkylation sites (tertiary alicyclic amines) is 1. The Hall–Kier alpha value is -1.93. The number of ether oxygens (including phenoxy) is 1. The van der Waals surface area contributed by atoms with E-state index in [0.717, 1.165) is 34.7 Å². The molecular weight excluding hydrogens is 354 g/mol. The molecule has 2 heterocycles. The molecular formula is C18H28N3O4S+. The summed E-state index contributed by atoms with van der Waals surface area (Å²) in [4.78, 5) is 38.3. The second-order valence-electron chi connectivity index (χ2n) is 6.59. The van der Waals surface area contributed by atoms with Gasteiger partial charge in [0.15, 0.2) is 6.54 Å². The molecule has 1 fully saturated rings. The summed E-state index contributed by atoms with van der Waals surface area (Å²) in [6.45, 7) is 7.64. The fourth-order valence-electron chi connectivity index (χ4n) is 3.46. The predicted octanol–water partition coefficient (Wildman–Crippen LogP) is 0.514. The summed E-state index contributed by atoms with van der Waals surface area (Å²) in [6.07, 6.45) is 2.36. The van der Waals surface area contributed by atoms with Gasteiger partial charge in [0.05, 0.1) is 31.2 Å². The highest BCUT2D eigenvalue weighted by Crippen LogP contribution is 2.34. The standard InChI is InChI=1S/C18H27N3O4S/c1-4-13-11(3)26-17(15(13)18(24)25-5-2)20-14(22)10-21-8-6-7-12(9-21)16(19)23/h12H,4-10H2,1-3H3,(H2,19,23)(H,20,22)/p+1/t12-/m1/s1. The van der Waals surface area contributed by atoms with Crippen LogP contribution in [0.1, 0.15) is 47.5 Å². The van der Waals surface area contributed by atoms with Crippen LogP contribution in [0, 0.1) is 12.8 Å². The van der Waals surface area contributed by atoms with Crippen LogP contribution in [-0.4, -0.2) is 44.0 Å². The Morgan fingerprint density at radius 1 is 1.35 bits per heavy atom. The SMILES string of the molecule is CCOC(=O)c1c(NC(=O)C[NH+]2CCC[C@@H](C(N)=O)C2)sc(C)c1CC. The first-order chi connectivity index (χ1) is 12.4. The summed E-state index contributed by atoms with van der Waals surface area (Å²) in [5, 5.41) is 3.43. The number of rotatable bonds is 7. The lowest BCUT2D eigenvalue weighted by Gasteiger charge is -2.27. The molecule has 1 unspecified atom stereocenters. The van der Waals surface area contributed by atoms with E-state index in [2.05, 4.69) is 5.32 Å². The quantitative estimate of drug-likeness (QED) is 0.598. The van der Waals surface area contributed by atoms with E-state index in [1.807, 2.05) is 13.8 Å². The molecule has 0 radical (unpaired) electrons. The monoisotopic (exact) mass is 382 g/mol. The first kappa shape index (κ1) is 20.4. The van der Waals surface area contributed by atoms with Crippen molar-refractivity contribution in [2.75, 3.05) is 31.6 Å². The zero-order valence-corrected chi connectivity index (χ0v) is 16.5. The number of piperidine rings is 1. The van der Waals surface area contributed by atoms with Gasteiger partial charge in [0, 0.05) is 4.88 Å². The minimum absolute atomic E-state index is 0.167. The molecule has 1 aromatic rings. The van der Waals surface area contributed by atoms with E-state index in [9.17, 15) is 14.4 Å². The highest BCUT2D eigenvalue weighted by atomic mass is 32.1. The van der Waals surface area contributed by atoms with Crippen molar-refractivity contribution in [1.29, 1.82) is 0 Å². The first-order valence-electron chi connectivity index (χ1n) is 9.09. The number of nitrogens with one attached hydrogen (secondary N) is 2. The van der Waals surface area contributed by atoms with Crippen LogP contribution in [0.2, 0.25) is 0 Å². The van der Waals surface area contributed by atoms with Gasteiger partial charge in [-0.15, -0.1) is 11.3 Å². The number of esters is 1. The van der Waals surface area contributed by atoms with Crippen molar-refractivity contribution < 1.29 is 24.0 Å². The van der Waals surface area contributed by atoms with Crippen molar-refractivity contribution in [3.05, 3.63) is 16.0 Å². The highest BCUT2D eigenvalue weighted by Gasteiger charge is 2.29. The molecule has 0 spiro atoms. The maximum atomic E-state index is 12.5. The maximum absolute atomic E-state index is 12.5. The lowest BCUT2D eigenvalue weighted by atomic mass is 9.97. The lowest BCUT2D eigenvalue weighted by molar-refractivity contribution is -0.899. The lowest BCUT2D eigenvalue weighted by Crippen LogP contribution is -3.14. The zero-order chi connectivity index (χ0) is 19.3. The number of amides is 2. The number of quaternary nitrogens is 1. The van der Waals surface area contributed by atoms with Gasteiger partial charge in [0.2, 0.25) is 5.91 Å². The molecule has 0 saturated carbocycles. The van der Waals surface area contributed by atoms with Crippen LogP contribution in [-0.2, 0) is 20.7 Å². The van der Waals surface area contributed by atoms with Crippen LogP contribution in [0.15, 0.2) is 0 Å². The molecule has 2 amide bonds. The molecule has 0 aliphatic carbocycles. The van der Waals surface area contributed by atoms with Gasteiger partial charge < -0.3 is 20.7 Å². The number of aryl methyl sites for hydroxylation is 1. The number of carbonyl (C=O) groups excluding carboxylic acids is 3. The van der Waals surface area contributed by atoms with E-state index in [1.54, 1.807) is 6.92 Å². The molecule has 2 rings (SSSR count). The predicted molar refractivity (Wildman–Crippen MR) is 101 cm³/mol. The van der Waals surface area contributed by atoms with Gasteiger partial charge in [-0.05, 0) is 38.7 Å². The van der Waals surface area contributed by atoms with E-state index >= 15 is 0 Å². The Morgan fingerprint density at radius 2 is 2.08 bits per heavy atom. The molecule has 1 aliphatic rings. The Labute approximate surface area is 157 Å². The Morgan fingerprint density at radius 3 is 2.69 bits per heavy atom. The van der Waals surface area contributed by atoms with Gasteiger partial charge in [-0.3, -0.25) is 9.59 Å². The smallest absolute Gasteiger partial charge is 0.341 e. The van der Waals surface area contributed by atoms with Crippen molar-refractivity contribution in [2.24, 2.45) is 11.7 Å². The normalized spacial score (nSPS) is 19.8. The first-order valence-corrected chi connectivity index (χ1v) is 9.91. The minimum Gasteiger partial charge on any atom is -0.462 e. The van der Waals surface area contributed by atoms with E-state index < -0.39 is 5.97 Å². The van der Waals surface area contributed by atoms with Crippen molar-refractivity contribution >= 4 is 34.1 Å². The second-order valence-corrected chi connectivity index (χ2v) is 7.81. The average Bonchev–Trinajstić information content (AvgIpc) is 2.90. The number of anilines is 1. The van der Waals surface area contributed by atoms with Gasteiger partial charge >= 0.3 is 5.97 Å². The van der Waals surface area contributed by atoms with E-state index in [-0.39, 0.29) is 30.9 Å². The Bertz CT molecular complexity index is 686. The molecule has 1 saturated heterocycles. The van der Waals surface area contributed by atoms with Crippen LogP contribution in [0.5, 0.6) is 0 Å². The summed E-state index contributed by atoms with van der Waals surface area (Å²) in [7, 11) is 0. The molecule has 0 bridgehead atoms. The molecule has 7 nitrogen and oxygen atoms in total. The minimum atomic E-state index is -0.400. The van der Waals surface area contributed by atoms with Crippen molar-refractivity contribution in [1.82, 2.24) is 0 Å².